The Morgan fingerprint density at radius 1 is 0.944 bits per heavy atom. The van der Waals surface area contributed by atoms with E-state index in [-0.39, 0.29) is 11.7 Å². The van der Waals surface area contributed by atoms with Crippen LogP contribution in [-0.2, 0) is 4.74 Å². The summed E-state index contributed by atoms with van der Waals surface area (Å²) < 4.78 is 6.39. The zero-order valence-corrected chi connectivity index (χ0v) is 12.0. The summed E-state index contributed by atoms with van der Waals surface area (Å²) >= 11 is 0. The standard InChI is InChI=1S/C16H26O2/c1-7-5-8-11-9(6-10(7)17)13-12(8)14(13)15(11)18-16(2,3)4/h7-15,17H,5-6H2,1-4H3/t7-,8+,9-,10-,11-,12-,13+,14+,15-/m1/s1. The molecule has 0 aromatic rings. The third-order valence-corrected chi connectivity index (χ3v) is 6.23. The number of hydrogen-bond acceptors (Lipinski definition) is 2. The van der Waals surface area contributed by atoms with Gasteiger partial charge in [0.2, 0.25) is 0 Å². The molecule has 0 amide bonds. The number of aliphatic hydroxyl groups excluding tert-OH is 1. The van der Waals surface area contributed by atoms with Crippen molar-refractivity contribution in [3.63, 3.8) is 0 Å². The minimum atomic E-state index is -0.0573. The lowest BCUT2D eigenvalue weighted by atomic mass is 9.88. The molecule has 102 valence electrons. The van der Waals surface area contributed by atoms with E-state index in [0.29, 0.717) is 12.0 Å². The lowest BCUT2D eigenvalue weighted by Crippen LogP contribution is -2.32. The molecule has 0 spiro atoms. The second kappa shape index (κ2) is 3.32. The fraction of sp³-hybridized carbons (Fsp3) is 1.00. The average Bonchev–Trinajstić information content (AvgIpc) is 2.71. The predicted octanol–water partition coefficient (Wildman–Crippen LogP) is 2.70. The molecule has 5 fully saturated rings. The van der Waals surface area contributed by atoms with Crippen molar-refractivity contribution < 1.29 is 9.84 Å². The first kappa shape index (κ1) is 11.7. The average molecular weight is 250 g/mol. The highest BCUT2D eigenvalue weighted by atomic mass is 16.5. The summed E-state index contributed by atoms with van der Waals surface area (Å²) in [6, 6.07) is 0. The molecule has 1 N–H and O–H groups in total. The van der Waals surface area contributed by atoms with Gasteiger partial charge in [0, 0.05) is 0 Å². The molecule has 5 aliphatic carbocycles. The molecule has 9 atom stereocenters. The van der Waals surface area contributed by atoms with Crippen LogP contribution in [0.1, 0.15) is 40.5 Å². The third-order valence-electron chi connectivity index (χ3n) is 6.23. The van der Waals surface area contributed by atoms with Crippen LogP contribution >= 0.6 is 0 Å². The Hall–Kier alpha value is -0.0800. The van der Waals surface area contributed by atoms with Crippen molar-refractivity contribution in [2.24, 2.45) is 41.4 Å². The first-order valence-electron chi connectivity index (χ1n) is 7.74. The molecule has 18 heavy (non-hydrogen) atoms. The lowest BCUT2D eigenvalue weighted by Gasteiger charge is -2.30. The maximum Gasteiger partial charge on any atom is 0.0649 e. The summed E-state index contributed by atoms with van der Waals surface area (Å²) in [5, 5.41) is 10.2. The van der Waals surface area contributed by atoms with Gasteiger partial charge in [-0.2, -0.15) is 0 Å². The van der Waals surface area contributed by atoms with E-state index in [1.165, 1.54) is 6.42 Å². The minimum Gasteiger partial charge on any atom is -0.393 e. The van der Waals surface area contributed by atoms with Gasteiger partial charge in [-0.05, 0) is 75.0 Å². The zero-order valence-electron chi connectivity index (χ0n) is 12.0. The van der Waals surface area contributed by atoms with Crippen LogP contribution in [-0.4, -0.2) is 22.9 Å². The number of ether oxygens (including phenoxy) is 1. The zero-order chi connectivity index (χ0) is 12.8. The second-order valence-corrected chi connectivity index (χ2v) is 8.35. The highest BCUT2D eigenvalue weighted by molar-refractivity contribution is 5.26. The molecule has 5 saturated carbocycles. The van der Waals surface area contributed by atoms with Crippen molar-refractivity contribution in [2.45, 2.75) is 58.3 Å². The molecule has 0 aliphatic heterocycles. The van der Waals surface area contributed by atoms with Crippen LogP contribution in [0.5, 0.6) is 0 Å². The van der Waals surface area contributed by atoms with Crippen molar-refractivity contribution in [3.05, 3.63) is 0 Å². The normalized spacial score (nSPS) is 60.8. The first-order valence-corrected chi connectivity index (χ1v) is 7.74. The van der Waals surface area contributed by atoms with Crippen molar-refractivity contribution >= 4 is 0 Å². The van der Waals surface area contributed by atoms with Crippen LogP contribution < -0.4 is 0 Å². The minimum absolute atomic E-state index is 0.0112. The highest BCUT2D eigenvalue weighted by Gasteiger charge is 2.78. The second-order valence-electron chi connectivity index (χ2n) is 8.35. The first-order chi connectivity index (χ1) is 8.38. The van der Waals surface area contributed by atoms with Gasteiger partial charge in [-0.3, -0.25) is 0 Å². The topological polar surface area (TPSA) is 29.5 Å². The quantitative estimate of drug-likeness (QED) is 0.775. The molecular weight excluding hydrogens is 224 g/mol. The molecule has 5 rings (SSSR count). The Kier molecular flexibility index (Phi) is 2.16. The molecule has 0 aromatic heterocycles. The highest BCUT2D eigenvalue weighted by Crippen LogP contribution is 2.79. The van der Waals surface area contributed by atoms with Crippen molar-refractivity contribution in [1.29, 1.82) is 0 Å². The Morgan fingerprint density at radius 3 is 2.17 bits per heavy atom. The van der Waals surface area contributed by atoms with Crippen LogP contribution in [0.25, 0.3) is 0 Å². The Morgan fingerprint density at radius 2 is 1.56 bits per heavy atom. The summed E-state index contributed by atoms with van der Waals surface area (Å²) in [4.78, 5) is 0. The van der Waals surface area contributed by atoms with Gasteiger partial charge in [-0.15, -0.1) is 0 Å². The van der Waals surface area contributed by atoms with Gasteiger partial charge in [0.25, 0.3) is 0 Å². The molecule has 0 unspecified atom stereocenters. The summed E-state index contributed by atoms with van der Waals surface area (Å²) in [6.07, 6.45) is 2.74. The SMILES string of the molecule is C[C@@H]1C[C@H]2[C@@H]3[C@@H](C[C@H]1O)[C@H]1[C@@H]2[C@@H]1[C@@H]3OC(C)(C)C. The molecule has 6 bridgehead atoms. The van der Waals surface area contributed by atoms with Crippen LogP contribution in [0, 0.1) is 41.4 Å². The molecule has 5 aliphatic rings. The number of aliphatic hydroxyl groups is 1. The number of rotatable bonds is 1. The molecule has 0 aromatic carbocycles. The van der Waals surface area contributed by atoms with Crippen molar-refractivity contribution in [2.75, 3.05) is 0 Å². The monoisotopic (exact) mass is 250 g/mol. The van der Waals surface area contributed by atoms with Crippen LogP contribution in [0.2, 0.25) is 0 Å². The fourth-order valence-corrected chi connectivity index (χ4v) is 5.83. The lowest BCUT2D eigenvalue weighted by molar-refractivity contribution is -0.0834. The van der Waals surface area contributed by atoms with Gasteiger partial charge in [-0.1, -0.05) is 6.92 Å². The Balaban J connectivity index is 1.61. The molecular formula is C16H26O2. The van der Waals surface area contributed by atoms with Gasteiger partial charge in [-0.25, -0.2) is 0 Å². The van der Waals surface area contributed by atoms with Crippen LogP contribution in [0.4, 0.5) is 0 Å². The van der Waals surface area contributed by atoms with E-state index < -0.39 is 0 Å². The molecule has 0 saturated heterocycles. The maximum atomic E-state index is 10.2. The van der Waals surface area contributed by atoms with E-state index in [9.17, 15) is 5.11 Å². The van der Waals surface area contributed by atoms with Gasteiger partial charge >= 0.3 is 0 Å². The van der Waals surface area contributed by atoms with E-state index in [2.05, 4.69) is 27.7 Å². The van der Waals surface area contributed by atoms with Gasteiger partial charge < -0.3 is 9.84 Å². The van der Waals surface area contributed by atoms with E-state index in [4.69, 9.17) is 4.74 Å². The molecule has 2 nitrogen and oxygen atoms in total. The van der Waals surface area contributed by atoms with Gasteiger partial charge in [0.1, 0.15) is 0 Å². The Bertz CT molecular complexity index is 348. The summed E-state index contributed by atoms with van der Waals surface area (Å²) in [6.45, 7) is 8.78. The number of hydrogen-bond donors (Lipinski definition) is 1. The van der Waals surface area contributed by atoms with Crippen molar-refractivity contribution in [3.8, 4) is 0 Å². The van der Waals surface area contributed by atoms with E-state index in [1.54, 1.807) is 0 Å². The van der Waals surface area contributed by atoms with Gasteiger partial charge in [0.05, 0.1) is 17.8 Å². The van der Waals surface area contributed by atoms with Gasteiger partial charge in [0.15, 0.2) is 0 Å². The predicted molar refractivity (Wildman–Crippen MR) is 70.0 cm³/mol. The molecule has 0 heterocycles. The van der Waals surface area contributed by atoms with Crippen LogP contribution in [0.15, 0.2) is 0 Å². The van der Waals surface area contributed by atoms with E-state index >= 15 is 0 Å². The molecule has 2 heteroatoms. The summed E-state index contributed by atoms with van der Waals surface area (Å²) in [7, 11) is 0. The van der Waals surface area contributed by atoms with Crippen LogP contribution in [0.3, 0.4) is 0 Å². The maximum absolute atomic E-state index is 10.2. The summed E-state index contributed by atoms with van der Waals surface area (Å²) in [5.74, 6) is 5.63. The smallest absolute Gasteiger partial charge is 0.0649 e. The summed E-state index contributed by atoms with van der Waals surface area (Å²) in [5.41, 5.74) is -0.0112. The fourth-order valence-electron chi connectivity index (χ4n) is 5.83. The van der Waals surface area contributed by atoms with E-state index in [0.717, 1.165) is 41.9 Å². The Labute approximate surface area is 110 Å². The van der Waals surface area contributed by atoms with Crippen molar-refractivity contribution in [1.82, 2.24) is 0 Å². The largest absolute Gasteiger partial charge is 0.393 e. The third kappa shape index (κ3) is 1.37. The van der Waals surface area contributed by atoms with E-state index in [1.807, 2.05) is 0 Å². The molecule has 0 radical (unpaired) electrons.